The summed E-state index contributed by atoms with van der Waals surface area (Å²) in [6.07, 6.45) is -4.44. The van der Waals surface area contributed by atoms with Gasteiger partial charge in [0.15, 0.2) is 5.58 Å². The van der Waals surface area contributed by atoms with Crippen molar-refractivity contribution in [3.63, 3.8) is 0 Å². The Morgan fingerprint density at radius 1 is 1.05 bits per heavy atom. The second kappa shape index (κ2) is 4.41. The molecular weight excluding hydrogens is 287 g/mol. The lowest BCUT2D eigenvalue weighted by molar-refractivity contribution is -0.137. The number of fused-ring (bicyclic) bond motifs is 1. The summed E-state index contributed by atoms with van der Waals surface area (Å²) in [5.41, 5.74) is -0.0789. The minimum absolute atomic E-state index is 0.0797. The first-order chi connectivity index (χ1) is 9.86. The molecule has 0 radical (unpaired) electrons. The zero-order valence-electron chi connectivity index (χ0n) is 10.4. The molecule has 1 heterocycles. The van der Waals surface area contributed by atoms with Crippen LogP contribution in [-0.2, 0) is 6.18 Å². The highest BCUT2D eigenvalue weighted by atomic mass is 19.4. The number of hydrogen-bond acceptors (Lipinski definition) is 3. The third-order valence-electron chi connectivity index (χ3n) is 3.02. The first-order valence-corrected chi connectivity index (χ1v) is 5.88. The number of alkyl halides is 3. The number of hydrogen-bond donors (Lipinski definition) is 1. The molecule has 0 aliphatic carbocycles. The molecule has 0 fully saturated rings. The van der Waals surface area contributed by atoms with Crippen LogP contribution in [0.25, 0.3) is 16.8 Å². The molecule has 0 aliphatic heterocycles. The van der Waals surface area contributed by atoms with E-state index < -0.39 is 17.5 Å². The minimum Gasteiger partial charge on any atom is -0.508 e. The summed E-state index contributed by atoms with van der Waals surface area (Å²) >= 11 is 0. The van der Waals surface area contributed by atoms with Gasteiger partial charge in [-0.1, -0.05) is 0 Å². The Bertz CT molecular complexity index is 860. The van der Waals surface area contributed by atoms with Crippen molar-refractivity contribution in [2.75, 3.05) is 0 Å². The van der Waals surface area contributed by atoms with Crippen LogP contribution >= 0.6 is 0 Å². The maximum absolute atomic E-state index is 12.5. The number of aromatic nitrogens is 1. The molecule has 0 bridgehead atoms. The molecule has 0 atom stereocenters. The first-order valence-electron chi connectivity index (χ1n) is 5.88. The van der Waals surface area contributed by atoms with Crippen LogP contribution in [0.3, 0.4) is 0 Å². The van der Waals surface area contributed by atoms with Gasteiger partial charge in [0.05, 0.1) is 16.8 Å². The number of aromatic hydroxyl groups is 1. The van der Waals surface area contributed by atoms with Gasteiger partial charge in [-0.2, -0.15) is 13.2 Å². The van der Waals surface area contributed by atoms with E-state index in [1.54, 1.807) is 0 Å². The summed E-state index contributed by atoms with van der Waals surface area (Å²) in [6, 6.07) is 8.16. The van der Waals surface area contributed by atoms with E-state index in [0.29, 0.717) is 0 Å². The summed E-state index contributed by atoms with van der Waals surface area (Å²) in [5, 5.41) is 9.46. The fraction of sp³-hybridized carbons (Fsp3) is 0.0714. The highest BCUT2D eigenvalue weighted by molar-refractivity contribution is 5.76. The van der Waals surface area contributed by atoms with Gasteiger partial charge in [0.1, 0.15) is 5.75 Å². The van der Waals surface area contributed by atoms with Crippen LogP contribution in [0.15, 0.2) is 51.7 Å². The van der Waals surface area contributed by atoms with Crippen LogP contribution in [0, 0.1) is 0 Å². The fourth-order valence-corrected chi connectivity index (χ4v) is 2.05. The van der Waals surface area contributed by atoms with Crippen LogP contribution in [0.2, 0.25) is 0 Å². The molecular formula is C14H8F3NO3. The maximum Gasteiger partial charge on any atom is 0.424 e. The molecule has 7 heteroatoms. The molecule has 0 amide bonds. The number of rotatable bonds is 1. The van der Waals surface area contributed by atoms with Crippen molar-refractivity contribution in [1.29, 1.82) is 0 Å². The van der Waals surface area contributed by atoms with Gasteiger partial charge in [0.2, 0.25) is 0 Å². The SMILES string of the molecule is O=c1oc2ccc(O)cc2n1-c1ccc(C(F)(F)F)cc1. The Morgan fingerprint density at radius 3 is 2.33 bits per heavy atom. The zero-order valence-corrected chi connectivity index (χ0v) is 10.4. The van der Waals surface area contributed by atoms with Gasteiger partial charge >= 0.3 is 11.9 Å². The van der Waals surface area contributed by atoms with Gasteiger partial charge in [0, 0.05) is 6.07 Å². The van der Waals surface area contributed by atoms with Crippen LogP contribution < -0.4 is 5.76 Å². The molecule has 3 aromatic rings. The van der Waals surface area contributed by atoms with Crippen LogP contribution in [0.1, 0.15) is 5.56 Å². The van der Waals surface area contributed by atoms with E-state index in [2.05, 4.69) is 0 Å². The highest BCUT2D eigenvalue weighted by Gasteiger charge is 2.30. The second-order valence-electron chi connectivity index (χ2n) is 4.40. The van der Waals surface area contributed by atoms with Gasteiger partial charge in [-0.3, -0.25) is 0 Å². The Balaban J connectivity index is 2.19. The Kier molecular flexibility index (Phi) is 2.79. The van der Waals surface area contributed by atoms with E-state index in [4.69, 9.17) is 4.42 Å². The van der Waals surface area contributed by atoms with Gasteiger partial charge in [-0.25, -0.2) is 9.36 Å². The number of nitrogens with zero attached hydrogens (tertiary/aromatic N) is 1. The second-order valence-corrected chi connectivity index (χ2v) is 4.40. The summed E-state index contributed by atoms with van der Waals surface area (Å²) in [7, 11) is 0. The highest BCUT2D eigenvalue weighted by Crippen LogP contribution is 2.30. The van der Waals surface area contributed by atoms with E-state index >= 15 is 0 Å². The summed E-state index contributed by atoms with van der Waals surface area (Å²) in [4.78, 5) is 11.8. The van der Waals surface area contributed by atoms with Gasteiger partial charge in [0.25, 0.3) is 0 Å². The van der Waals surface area contributed by atoms with E-state index in [1.807, 2.05) is 0 Å². The van der Waals surface area contributed by atoms with Crippen molar-refractivity contribution >= 4 is 11.1 Å². The van der Waals surface area contributed by atoms with E-state index in [-0.39, 0.29) is 22.5 Å². The smallest absolute Gasteiger partial charge is 0.424 e. The van der Waals surface area contributed by atoms with E-state index in [9.17, 15) is 23.1 Å². The molecule has 108 valence electrons. The number of halogens is 3. The largest absolute Gasteiger partial charge is 0.508 e. The lowest BCUT2D eigenvalue weighted by Crippen LogP contribution is -2.12. The van der Waals surface area contributed by atoms with Crippen molar-refractivity contribution in [2.24, 2.45) is 0 Å². The monoisotopic (exact) mass is 295 g/mol. The molecule has 1 aromatic heterocycles. The van der Waals surface area contributed by atoms with Gasteiger partial charge < -0.3 is 9.52 Å². The normalized spacial score (nSPS) is 12.0. The minimum atomic E-state index is -4.44. The summed E-state index contributed by atoms with van der Waals surface area (Å²) < 4.78 is 43.7. The molecule has 2 aromatic carbocycles. The van der Waals surface area contributed by atoms with E-state index in [1.165, 1.54) is 30.3 Å². The first kappa shape index (κ1) is 13.3. The average molecular weight is 295 g/mol. The van der Waals surface area contributed by atoms with E-state index in [0.717, 1.165) is 16.7 Å². The Labute approximate surface area is 115 Å². The predicted octanol–water partition coefficient (Wildman–Crippen LogP) is 3.31. The summed E-state index contributed by atoms with van der Waals surface area (Å²) in [6.45, 7) is 0. The lowest BCUT2D eigenvalue weighted by atomic mass is 10.2. The molecule has 0 aliphatic rings. The Hall–Kier alpha value is -2.70. The quantitative estimate of drug-likeness (QED) is 0.749. The van der Waals surface area contributed by atoms with Gasteiger partial charge in [-0.05, 0) is 36.4 Å². The third-order valence-corrected chi connectivity index (χ3v) is 3.02. The standard InChI is InChI=1S/C14H8F3NO3/c15-14(16,17)8-1-3-9(4-2-8)18-11-7-10(19)5-6-12(11)21-13(18)20/h1-7,19H. The van der Waals surface area contributed by atoms with Crippen molar-refractivity contribution < 1.29 is 22.7 Å². The predicted molar refractivity (Wildman–Crippen MR) is 68.5 cm³/mol. The molecule has 0 unspecified atom stereocenters. The molecule has 3 rings (SSSR count). The fourth-order valence-electron chi connectivity index (χ4n) is 2.05. The maximum atomic E-state index is 12.5. The molecule has 0 saturated heterocycles. The number of benzene rings is 2. The zero-order chi connectivity index (χ0) is 15.2. The molecule has 1 N–H and O–H groups in total. The molecule has 0 spiro atoms. The summed E-state index contributed by atoms with van der Waals surface area (Å²) in [5.74, 6) is -0.820. The van der Waals surface area contributed by atoms with Crippen LogP contribution in [0.4, 0.5) is 13.2 Å². The molecule has 0 saturated carbocycles. The molecule has 21 heavy (non-hydrogen) atoms. The Morgan fingerprint density at radius 2 is 1.71 bits per heavy atom. The third kappa shape index (κ3) is 2.26. The topological polar surface area (TPSA) is 55.4 Å². The number of oxazole rings is 1. The van der Waals surface area contributed by atoms with Crippen LogP contribution in [-0.4, -0.2) is 9.67 Å². The lowest BCUT2D eigenvalue weighted by Gasteiger charge is -2.07. The molecule has 4 nitrogen and oxygen atoms in total. The van der Waals surface area contributed by atoms with Crippen molar-refractivity contribution in [2.45, 2.75) is 6.18 Å². The van der Waals surface area contributed by atoms with Crippen molar-refractivity contribution in [3.05, 3.63) is 58.6 Å². The van der Waals surface area contributed by atoms with Crippen molar-refractivity contribution in [1.82, 2.24) is 4.57 Å². The average Bonchev–Trinajstić information content (AvgIpc) is 2.73. The van der Waals surface area contributed by atoms with Gasteiger partial charge in [-0.15, -0.1) is 0 Å². The number of phenolic OH excluding ortho intramolecular Hbond substituents is 1. The van der Waals surface area contributed by atoms with Crippen molar-refractivity contribution in [3.8, 4) is 11.4 Å². The van der Waals surface area contributed by atoms with Crippen LogP contribution in [0.5, 0.6) is 5.75 Å². The number of phenols is 1.